The highest BCUT2D eigenvalue weighted by molar-refractivity contribution is 6.23. The number of phenolic OH excluding ortho intramolecular Hbond substituents is 1. The monoisotopic (exact) mass is 366 g/mol. The molecule has 2 fully saturated rings. The number of anilines is 1. The van der Waals surface area contributed by atoms with Crippen LogP contribution in [0.5, 0.6) is 5.75 Å². The predicted octanol–water partition coefficient (Wildman–Crippen LogP) is 1.60. The first-order valence-electron chi connectivity index (χ1n) is 8.61. The Kier molecular flexibility index (Phi) is 3.96. The minimum Gasteiger partial charge on any atom is -0.508 e. The van der Waals surface area contributed by atoms with Crippen molar-refractivity contribution in [2.75, 3.05) is 4.90 Å². The molecule has 0 unspecified atom stereocenters. The topological polar surface area (TPSA) is 107 Å². The summed E-state index contributed by atoms with van der Waals surface area (Å²) in [6.07, 6.45) is 0. The van der Waals surface area contributed by atoms with Crippen molar-refractivity contribution in [3.05, 3.63) is 59.7 Å². The maximum Gasteiger partial charge on any atom is 0.321 e. The first-order valence-corrected chi connectivity index (χ1v) is 8.61. The summed E-state index contributed by atoms with van der Waals surface area (Å²) in [6, 6.07) is 11.4. The first kappa shape index (κ1) is 17.2. The van der Waals surface area contributed by atoms with Gasteiger partial charge in [0.2, 0.25) is 11.8 Å². The Morgan fingerprint density at radius 2 is 1.63 bits per heavy atom. The number of carbonyl (C=O) groups excluding carboxylic acids is 2. The van der Waals surface area contributed by atoms with Gasteiger partial charge in [-0.25, -0.2) is 4.90 Å². The van der Waals surface area contributed by atoms with Gasteiger partial charge in [-0.15, -0.1) is 0 Å². The third-order valence-electron chi connectivity index (χ3n) is 5.31. The van der Waals surface area contributed by atoms with E-state index in [0.29, 0.717) is 11.3 Å². The van der Waals surface area contributed by atoms with Crippen LogP contribution in [0.15, 0.2) is 48.5 Å². The molecule has 2 saturated heterocycles. The molecule has 4 rings (SSSR count). The van der Waals surface area contributed by atoms with E-state index in [1.165, 1.54) is 6.07 Å². The molecule has 3 N–H and O–H groups in total. The van der Waals surface area contributed by atoms with Crippen LogP contribution in [0.4, 0.5) is 5.69 Å². The summed E-state index contributed by atoms with van der Waals surface area (Å²) >= 11 is 0. The van der Waals surface area contributed by atoms with Gasteiger partial charge in [0.25, 0.3) is 0 Å². The summed E-state index contributed by atoms with van der Waals surface area (Å²) < 4.78 is 0. The number of imide groups is 1. The number of benzene rings is 2. The lowest BCUT2D eigenvalue weighted by atomic mass is 9.86. The molecule has 0 aliphatic carbocycles. The molecule has 7 heteroatoms. The number of para-hydroxylation sites is 1. The van der Waals surface area contributed by atoms with Gasteiger partial charge in [0.05, 0.1) is 17.5 Å². The number of rotatable bonds is 3. The molecule has 0 saturated carbocycles. The van der Waals surface area contributed by atoms with Crippen molar-refractivity contribution in [1.82, 2.24) is 5.32 Å². The van der Waals surface area contributed by atoms with E-state index >= 15 is 0 Å². The van der Waals surface area contributed by atoms with Crippen LogP contribution in [0.1, 0.15) is 17.2 Å². The predicted molar refractivity (Wildman–Crippen MR) is 96.1 cm³/mol. The van der Waals surface area contributed by atoms with E-state index in [9.17, 15) is 24.6 Å². The number of nitrogens with zero attached hydrogens (tertiary/aromatic N) is 1. The summed E-state index contributed by atoms with van der Waals surface area (Å²) in [6.45, 7) is 1.89. The average Bonchev–Trinajstić information content (AvgIpc) is 3.14. The molecule has 2 heterocycles. The summed E-state index contributed by atoms with van der Waals surface area (Å²) in [7, 11) is 0. The fourth-order valence-corrected chi connectivity index (χ4v) is 4.02. The van der Waals surface area contributed by atoms with Gasteiger partial charge < -0.3 is 10.2 Å². The third kappa shape index (κ3) is 2.59. The van der Waals surface area contributed by atoms with Crippen LogP contribution in [0.2, 0.25) is 0 Å². The molecule has 0 radical (unpaired) electrons. The summed E-state index contributed by atoms with van der Waals surface area (Å²) in [5.41, 5.74) is 1.81. The first-order chi connectivity index (χ1) is 12.9. The number of amides is 2. The van der Waals surface area contributed by atoms with Crippen LogP contribution in [0, 0.1) is 18.8 Å². The molecule has 138 valence electrons. The number of carboxylic acids is 1. The van der Waals surface area contributed by atoms with Crippen molar-refractivity contribution in [3.63, 3.8) is 0 Å². The molecule has 4 atom stereocenters. The van der Waals surface area contributed by atoms with Crippen molar-refractivity contribution in [3.8, 4) is 5.75 Å². The lowest BCUT2D eigenvalue weighted by molar-refractivity contribution is -0.142. The third-order valence-corrected chi connectivity index (χ3v) is 5.31. The van der Waals surface area contributed by atoms with Gasteiger partial charge in [-0.05, 0) is 25.1 Å². The number of aliphatic carboxylic acids is 1. The second-order valence-corrected chi connectivity index (χ2v) is 6.92. The Hall–Kier alpha value is -3.19. The van der Waals surface area contributed by atoms with E-state index in [1.54, 1.807) is 42.5 Å². The van der Waals surface area contributed by atoms with Crippen LogP contribution >= 0.6 is 0 Å². The van der Waals surface area contributed by atoms with Gasteiger partial charge in [0, 0.05) is 11.6 Å². The highest BCUT2D eigenvalue weighted by atomic mass is 16.4. The van der Waals surface area contributed by atoms with Crippen LogP contribution in [0.25, 0.3) is 0 Å². The molecule has 2 aliphatic rings. The van der Waals surface area contributed by atoms with Gasteiger partial charge in [-0.3, -0.25) is 19.7 Å². The van der Waals surface area contributed by atoms with Crippen molar-refractivity contribution in [1.29, 1.82) is 0 Å². The molecule has 2 aliphatic heterocycles. The number of aryl methyl sites for hydroxylation is 1. The Morgan fingerprint density at radius 3 is 2.26 bits per heavy atom. The summed E-state index contributed by atoms with van der Waals surface area (Å²) in [5.74, 6) is -4.16. The fourth-order valence-electron chi connectivity index (χ4n) is 4.02. The number of carbonyl (C=O) groups is 3. The Labute approximate surface area is 155 Å². The summed E-state index contributed by atoms with van der Waals surface area (Å²) in [4.78, 5) is 38.9. The number of fused-ring (bicyclic) bond motifs is 1. The largest absolute Gasteiger partial charge is 0.508 e. The molecule has 7 nitrogen and oxygen atoms in total. The molecule has 2 aromatic carbocycles. The molecule has 0 bridgehead atoms. The van der Waals surface area contributed by atoms with Gasteiger partial charge in [-0.1, -0.05) is 35.9 Å². The smallest absolute Gasteiger partial charge is 0.321 e. The lowest BCUT2D eigenvalue weighted by Crippen LogP contribution is -2.43. The van der Waals surface area contributed by atoms with Gasteiger partial charge in [0.15, 0.2) is 0 Å². The molecular formula is C20H18N2O5. The Bertz CT molecular complexity index is 940. The molecule has 2 amide bonds. The molecule has 27 heavy (non-hydrogen) atoms. The number of hydrogen-bond donors (Lipinski definition) is 3. The van der Waals surface area contributed by atoms with Crippen LogP contribution in [-0.2, 0) is 14.4 Å². The average molecular weight is 366 g/mol. The van der Waals surface area contributed by atoms with E-state index in [2.05, 4.69) is 5.32 Å². The van der Waals surface area contributed by atoms with Crippen molar-refractivity contribution in [2.45, 2.75) is 19.0 Å². The van der Waals surface area contributed by atoms with E-state index in [-0.39, 0.29) is 5.75 Å². The zero-order valence-electron chi connectivity index (χ0n) is 14.5. The number of phenols is 1. The standard InChI is InChI=1S/C20H18N2O5/c1-10-6-8-11(9-7-10)22-18(24)14-15(19(22)25)17(20(26)27)21-16(14)12-4-2-3-5-13(12)23/h2-9,14-17,21,23H,1H3,(H,26,27)/t14-,15-,16-,17-/m0/s1. The van der Waals surface area contributed by atoms with Gasteiger partial charge in [-0.2, -0.15) is 0 Å². The number of hydrogen-bond acceptors (Lipinski definition) is 5. The minimum absolute atomic E-state index is 0.0474. The van der Waals surface area contributed by atoms with E-state index in [4.69, 9.17) is 0 Å². The minimum atomic E-state index is -1.20. The lowest BCUT2D eigenvalue weighted by Gasteiger charge is -2.22. The fraction of sp³-hybridized carbons (Fsp3) is 0.250. The van der Waals surface area contributed by atoms with Crippen molar-refractivity contribution in [2.24, 2.45) is 11.8 Å². The van der Waals surface area contributed by atoms with Crippen LogP contribution in [0.3, 0.4) is 0 Å². The highest BCUT2D eigenvalue weighted by Crippen LogP contribution is 2.46. The number of carboxylic acid groups (broad SMARTS) is 1. The quantitative estimate of drug-likeness (QED) is 0.713. The van der Waals surface area contributed by atoms with Gasteiger partial charge >= 0.3 is 5.97 Å². The Balaban J connectivity index is 1.79. The van der Waals surface area contributed by atoms with E-state index in [0.717, 1.165) is 10.5 Å². The second-order valence-electron chi connectivity index (χ2n) is 6.92. The maximum atomic E-state index is 13.1. The normalized spacial score (nSPS) is 27.1. The Morgan fingerprint density at radius 1 is 1.00 bits per heavy atom. The number of aromatic hydroxyl groups is 1. The van der Waals surface area contributed by atoms with Crippen molar-refractivity contribution < 1.29 is 24.6 Å². The highest BCUT2D eigenvalue weighted by Gasteiger charge is 2.61. The maximum absolute atomic E-state index is 13.1. The molecule has 2 aromatic rings. The van der Waals surface area contributed by atoms with Crippen molar-refractivity contribution >= 4 is 23.5 Å². The SMILES string of the molecule is Cc1ccc(N2C(=O)[C@H]3[C@H](C2=O)[C@H](c2ccccc2O)N[C@@H]3C(=O)O)cc1. The molecule has 0 spiro atoms. The van der Waals surface area contributed by atoms with Crippen LogP contribution in [-0.4, -0.2) is 34.0 Å². The van der Waals surface area contributed by atoms with Crippen LogP contribution < -0.4 is 10.2 Å². The zero-order chi connectivity index (χ0) is 19.3. The number of nitrogens with one attached hydrogen (secondary N) is 1. The molecule has 0 aromatic heterocycles. The van der Waals surface area contributed by atoms with Gasteiger partial charge in [0.1, 0.15) is 11.8 Å². The summed E-state index contributed by atoms with van der Waals surface area (Å²) in [5, 5.41) is 22.6. The molecular weight excluding hydrogens is 348 g/mol. The van der Waals surface area contributed by atoms with E-state index < -0.39 is 41.7 Å². The second kappa shape index (κ2) is 6.21. The zero-order valence-corrected chi connectivity index (χ0v) is 14.5. The van der Waals surface area contributed by atoms with E-state index in [1.807, 2.05) is 6.92 Å².